The van der Waals surface area contributed by atoms with Crippen LogP contribution >= 0.6 is 11.3 Å². The van der Waals surface area contributed by atoms with Gasteiger partial charge in [0.25, 0.3) is 5.84 Å². The van der Waals surface area contributed by atoms with E-state index in [9.17, 15) is 18.0 Å². The molecular formula is C26H19F3N4O3S. The van der Waals surface area contributed by atoms with Gasteiger partial charge in [0.1, 0.15) is 11.7 Å². The number of hydrogen-bond donors (Lipinski definition) is 2. The average molecular weight is 525 g/mol. The minimum absolute atomic E-state index is 0.0407. The van der Waals surface area contributed by atoms with Gasteiger partial charge in [-0.05, 0) is 28.8 Å². The Labute approximate surface area is 213 Å². The zero-order chi connectivity index (χ0) is 26.4. The van der Waals surface area contributed by atoms with Crippen LogP contribution in [0.25, 0.3) is 11.1 Å². The van der Waals surface area contributed by atoms with Gasteiger partial charge < -0.3 is 15.2 Å². The first kappa shape index (κ1) is 25.7. The van der Waals surface area contributed by atoms with Gasteiger partial charge in [-0.15, -0.1) is 11.3 Å². The van der Waals surface area contributed by atoms with Gasteiger partial charge in [-0.25, -0.2) is 4.98 Å². The van der Waals surface area contributed by atoms with Gasteiger partial charge >= 0.3 is 6.18 Å². The van der Waals surface area contributed by atoms with Crippen molar-refractivity contribution < 1.29 is 33.2 Å². The van der Waals surface area contributed by atoms with E-state index < -0.39 is 12.1 Å². The number of thiazole rings is 1. The van der Waals surface area contributed by atoms with Crippen molar-refractivity contribution >= 4 is 46.1 Å². The highest BCUT2D eigenvalue weighted by Crippen LogP contribution is 2.28. The van der Waals surface area contributed by atoms with Gasteiger partial charge in [-0.2, -0.15) is 18.2 Å². The van der Waals surface area contributed by atoms with Crippen molar-refractivity contribution in [1.82, 2.24) is 4.98 Å². The maximum atomic E-state index is 12.5. The number of aliphatic imine (C=N–C) groups is 1. The summed E-state index contributed by atoms with van der Waals surface area (Å²) in [5, 5.41) is 15.8. The number of carboxylic acids is 1. The lowest BCUT2D eigenvalue weighted by Crippen LogP contribution is -2.80. The molecule has 3 N–H and O–H groups in total. The number of carbonyl (C=O) groups excluding carboxylic acids is 2. The van der Waals surface area contributed by atoms with E-state index in [1.807, 2.05) is 59.2 Å². The molecule has 4 aromatic rings. The number of quaternary nitrogens is 1. The lowest BCUT2D eigenvalue weighted by Gasteiger charge is -2.07. The van der Waals surface area contributed by atoms with E-state index in [1.54, 1.807) is 16.8 Å². The van der Waals surface area contributed by atoms with Crippen LogP contribution in [0.2, 0.25) is 0 Å². The molecule has 1 aliphatic rings. The summed E-state index contributed by atoms with van der Waals surface area (Å²) in [6, 6.07) is 24.1. The maximum Gasteiger partial charge on any atom is 0.430 e. The number of fused-ring (bicyclic) bond motifs is 1. The van der Waals surface area contributed by atoms with Crippen molar-refractivity contribution in [2.75, 3.05) is 5.32 Å². The molecule has 3 aromatic carbocycles. The summed E-state index contributed by atoms with van der Waals surface area (Å²) in [6.07, 6.45) is -4.86. The third-order valence-corrected chi connectivity index (χ3v) is 5.78. The molecule has 1 aliphatic heterocycles. The number of nitrogens with one attached hydrogen (secondary N) is 1. The normalized spacial score (nSPS) is 12.1. The molecule has 0 spiro atoms. The van der Waals surface area contributed by atoms with Crippen LogP contribution in [0.3, 0.4) is 0 Å². The Bertz CT molecular complexity index is 1420. The number of amides is 1. The van der Waals surface area contributed by atoms with Crippen LogP contribution in [0, 0.1) is 0 Å². The second-order valence-corrected chi connectivity index (χ2v) is 8.58. The quantitative estimate of drug-likeness (QED) is 0.389. The zero-order valence-corrected chi connectivity index (χ0v) is 19.8. The molecule has 0 fully saturated rings. The number of nitrogens with zero attached hydrogens (tertiary/aromatic N) is 2. The van der Waals surface area contributed by atoms with Crippen LogP contribution < -0.4 is 15.7 Å². The van der Waals surface area contributed by atoms with Crippen LogP contribution in [0.1, 0.15) is 11.3 Å². The summed E-state index contributed by atoms with van der Waals surface area (Å²) in [5.74, 6) is -2.19. The molecular weight excluding hydrogens is 505 g/mol. The highest BCUT2D eigenvalue weighted by atomic mass is 32.1. The van der Waals surface area contributed by atoms with Crippen LogP contribution in [0.5, 0.6) is 0 Å². The van der Waals surface area contributed by atoms with Gasteiger partial charge in [-0.3, -0.25) is 10.1 Å². The SMILES string of the molecule is O=C(Cc1ccc(-c2ccccc2)cc1)Nc1ccc2c(c1)[NH2+]C(c1cscn1)=N2.O=C([O-])C(F)(F)F. The van der Waals surface area contributed by atoms with E-state index in [1.165, 1.54) is 5.56 Å². The second kappa shape index (κ2) is 11.1. The smallest absolute Gasteiger partial charge is 0.430 e. The summed E-state index contributed by atoms with van der Waals surface area (Å²) in [4.78, 5) is 30.2. The molecule has 0 radical (unpaired) electrons. The lowest BCUT2D eigenvalue weighted by molar-refractivity contribution is -0.437. The molecule has 0 atom stereocenters. The Hall–Kier alpha value is -4.35. The molecule has 0 aliphatic carbocycles. The van der Waals surface area contributed by atoms with Gasteiger partial charge in [0.2, 0.25) is 5.91 Å². The Morgan fingerprint density at radius 3 is 2.27 bits per heavy atom. The second-order valence-electron chi connectivity index (χ2n) is 7.86. The molecule has 1 amide bonds. The largest absolute Gasteiger partial charge is 0.542 e. The Kier molecular flexibility index (Phi) is 7.75. The molecule has 11 heteroatoms. The van der Waals surface area contributed by atoms with E-state index in [-0.39, 0.29) is 5.91 Å². The van der Waals surface area contributed by atoms with Crippen molar-refractivity contribution in [1.29, 1.82) is 0 Å². The number of amidine groups is 1. The molecule has 188 valence electrons. The Morgan fingerprint density at radius 1 is 0.973 bits per heavy atom. The number of anilines is 1. The zero-order valence-electron chi connectivity index (χ0n) is 19.0. The first-order valence-corrected chi connectivity index (χ1v) is 11.8. The van der Waals surface area contributed by atoms with E-state index in [2.05, 4.69) is 39.6 Å². The van der Waals surface area contributed by atoms with Crippen LogP contribution in [0.4, 0.5) is 30.2 Å². The number of rotatable bonds is 5. The predicted molar refractivity (Wildman–Crippen MR) is 132 cm³/mol. The average Bonchev–Trinajstić information content (AvgIpc) is 3.55. The topological polar surface area (TPSA) is 111 Å². The van der Waals surface area contributed by atoms with Crippen molar-refractivity contribution in [2.45, 2.75) is 12.6 Å². The van der Waals surface area contributed by atoms with Gasteiger partial charge in [0.05, 0.1) is 11.9 Å². The minimum atomic E-state index is -5.19. The predicted octanol–water partition coefficient (Wildman–Crippen LogP) is 3.58. The van der Waals surface area contributed by atoms with E-state index in [0.717, 1.165) is 39.7 Å². The number of hydrogen-bond acceptors (Lipinski definition) is 6. The molecule has 0 unspecified atom stereocenters. The highest BCUT2D eigenvalue weighted by Gasteiger charge is 2.28. The number of halogens is 3. The number of carboxylic acid groups (broad SMARTS) is 1. The summed E-state index contributed by atoms with van der Waals surface area (Å²) in [7, 11) is 0. The number of benzene rings is 3. The molecule has 0 saturated heterocycles. The third kappa shape index (κ3) is 6.87. The number of aliphatic carboxylic acids is 1. The molecule has 37 heavy (non-hydrogen) atoms. The van der Waals surface area contributed by atoms with Crippen molar-refractivity contribution in [3.8, 4) is 11.1 Å². The van der Waals surface area contributed by atoms with Gasteiger partial charge in [0, 0.05) is 17.1 Å². The fourth-order valence-electron chi connectivity index (χ4n) is 3.47. The minimum Gasteiger partial charge on any atom is -0.542 e. The van der Waals surface area contributed by atoms with Crippen LogP contribution in [-0.4, -0.2) is 28.9 Å². The van der Waals surface area contributed by atoms with Crippen molar-refractivity contribution in [2.24, 2.45) is 4.99 Å². The Morgan fingerprint density at radius 2 is 1.65 bits per heavy atom. The van der Waals surface area contributed by atoms with Crippen molar-refractivity contribution in [3.63, 3.8) is 0 Å². The molecule has 7 nitrogen and oxygen atoms in total. The van der Waals surface area contributed by atoms with Gasteiger partial charge in [0.15, 0.2) is 11.4 Å². The maximum absolute atomic E-state index is 12.5. The standard InChI is InChI=1S/C24H18N4OS.C2HF3O2/c29-23(12-16-6-8-18(9-7-16)17-4-2-1-3-5-17)26-19-10-11-20-21(13-19)28-24(27-20)22-14-30-15-25-22;3-2(4,5)1(6)7/h1-11,13-15H,12H2,(H,26,29)(H,27,28);(H,6,7). The van der Waals surface area contributed by atoms with E-state index in [0.29, 0.717) is 6.42 Å². The first-order chi connectivity index (χ1) is 17.7. The number of aromatic nitrogens is 1. The fraction of sp³-hybridized carbons (Fsp3) is 0.0769. The molecule has 0 bridgehead atoms. The van der Waals surface area contributed by atoms with Crippen molar-refractivity contribution in [3.05, 3.63) is 94.9 Å². The molecule has 1 aromatic heterocycles. The number of alkyl halides is 3. The number of carbonyl (C=O) groups is 2. The monoisotopic (exact) mass is 524 g/mol. The van der Waals surface area contributed by atoms with E-state index >= 15 is 0 Å². The molecule has 5 rings (SSSR count). The molecule has 2 heterocycles. The lowest BCUT2D eigenvalue weighted by atomic mass is 10.0. The summed E-state index contributed by atoms with van der Waals surface area (Å²) in [5.41, 5.74) is 8.62. The van der Waals surface area contributed by atoms with Crippen LogP contribution in [0.15, 0.2) is 88.7 Å². The molecule has 0 saturated carbocycles. The van der Waals surface area contributed by atoms with Gasteiger partial charge in [-0.1, -0.05) is 54.6 Å². The summed E-state index contributed by atoms with van der Waals surface area (Å²) in [6.45, 7) is 0. The Balaban J connectivity index is 0.000000405. The number of nitrogens with two attached hydrogens (primary N) is 1. The highest BCUT2D eigenvalue weighted by molar-refractivity contribution is 7.07. The summed E-state index contributed by atoms with van der Waals surface area (Å²) < 4.78 is 31.5. The first-order valence-electron chi connectivity index (χ1n) is 10.9. The van der Waals surface area contributed by atoms with E-state index in [4.69, 9.17) is 9.90 Å². The fourth-order valence-corrected chi connectivity index (χ4v) is 4.01. The summed E-state index contributed by atoms with van der Waals surface area (Å²) >= 11 is 1.55. The van der Waals surface area contributed by atoms with Crippen LogP contribution in [-0.2, 0) is 16.0 Å². The third-order valence-electron chi connectivity index (χ3n) is 5.20.